The van der Waals surface area contributed by atoms with Crippen molar-refractivity contribution in [1.82, 2.24) is 19.2 Å². The van der Waals surface area contributed by atoms with Crippen LogP contribution in [-0.4, -0.2) is 24.1 Å². The highest BCUT2D eigenvalue weighted by molar-refractivity contribution is 5.65. The fourth-order valence-electron chi connectivity index (χ4n) is 2.70. The molecule has 7 nitrogen and oxygen atoms in total. The number of aryl methyl sites for hydroxylation is 1. The van der Waals surface area contributed by atoms with Crippen molar-refractivity contribution in [3.05, 3.63) is 76.9 Å². The lowest BCUT2D eigenvalue weighted by atomic mass is 10.2. The number of benzene rings is 1. The number of nitro benzene ring substituents is 1. The third-order valence-electron chi connectivity index (χ3n) is 3.94. The molecule has 0 saturated carbocycles. The number of fused-ring (bicyclic) bond motifs is 1. The average Bonchev–Trinajstić information content (AvgIpc) is 3.16. The Morgan fingerprint density at radius 2 is 2.04 bits per heavy atom. The molecule has 4 aromatic rings. The molecule has 0 aliphatic carbocycles. The number of nitro groups is 1. The van der Waals surface area contributed by atoms with Crippen molar-refractivity contribution >= 4 is 11.3 Å². The maximum Gasteiger partial charge on any atom is 0.274 e. The number of pyridine rings is 1. The van der Waals surface area contributed by atoms with Crippen LogP contribution in [0.2, 0.25) is 0 Å². The van der Waals surface area contributed by atoms with Crippen LogP contribution in [0.1, 0.15) is 5.56 Å². The van der Waals surface area contributed by atoms with Gasteiger partial charge in [0.2, 0.25) is 0 Å². The fourth-order valence-corrected chi connectivity index (χ4v) is 2.70. The molecule has 4 rings (SSSR count). The first-order valence-corrected chi connectivity index (χ1v) is 7.36. The van der Waals surface area contributed by atoms with E-state index in [0.29, 0.717) is 5.56 Å². The molecule has 24 heavy (non-hydrogen) atoms. The minimum Gasteiger partial charge on any atom is -0.300 e. The molecule has 0 fully saturated rings. The van der Waals surface area contributed by atoms with E-state index in [4.69, 9.17) is 0 Å². The molecule has 0 bridgehead atoms. The Kier molecular flexibility index (Phi) is 3.13. The van der Waals surface area contributed by atoms with Gasteiger partial charge in [-0.05, 0) is 25.1 Å². The van der Waals surface area contributed by atoms with E-state index in [-0.39, 0.29) is 10.6 Å². The predicted molar refractivity (Wildman–Crippen MR) is 89.1 cm³/mol. The van der Waals surface area contributed by atoms with E-state index in [1.165, 1.54) is 0 Å². The summed E-state index contributed by atoms with van der Waals surface area (Å²) in [6.45, 7) is 1.73. The lowest BCUT2D eigenvalue weighted by Crippen LogP contribution is -1.97. The molecule has 0 spiro atoms. The van der Waals surface area contributed by atoms with Gasteiger partial charge in [-0.3, -0.25) is 19.7 Å². The molecule has 0 unspecified atom stereocenters. The molecule has 0 aliphatic rings. The number of hydrogen-bond acceptors (Lipinski definition) is 4. The fraction of sp³-hybridized carbons (Fsp3) is 0.0588. The second-order valence-electron chi connectivity index (χ2n) is 5.47. The third kappa shape index (κ3) is 2.23. The van der Waals surface area contributed by atoms with Crippen LogP contribution in [0.25, 0.3) is 22.6 Å². The number of nitrogens with zero attached hydrogens (tertiary/aromatic N) is 5. The first-order chi connectivity index (χ1) is 11.6. The van der Waals surface area contributed by atoms with Gasteiger partial charge < -0.3 is 0 Å². The van der Waals surface area contributed by atoms with Crippen molar-refractivity contribution in [2.24, 2.45) is 0 Å². The Labute approximate surface area is 137 Å². The average molecular weight is 319 g/mol. The summed E-state index contributed by atoms with van der Waals surface area (Å²) >= 11 is 0. The summed E-state index contributed by atoms with van der Waals surface area (Å²) in [6, 6.07) is 10.9. The molecule has 0 amide bonds. The molecule has 0 N–H and O–H groups in total. The van der Waals surface area contributed by atoms with E-state index < -0.39 is 0 Å². The van der Waals surface area contributed by atoms with Gasteiger partial charge in [0.15, 0.2) is 0 Å². The maximum absolute atomic E-state index is 11.2. The van der Waals surface area contributed by atoms with Crippen LogP contribution in [0.4, 0.5) is 5.69 Å². The molecule has 0 saturated heterocycles. The Balaban J connectivity index is 1.85. The SMILES string of the molecule is Cc1ccc(-n2ccn3nc(-c4cccnc4)cc23)cc1[N+](=O)[O-]. The zero-order valence-corrected chi connectivity index (χ0v) is 12.8. The quantitative estimate of drug-likeness (QED) is 0.428. The first kappa shape index (κ1) is 14.1. The summed E-state index contributed by atoms with van der Waals surface area (Å²) in [4.78, 5) is 14.9. The molecule has 0 aliphatic heterocycles. The van der Waals surface area contributed by atoms with Crippen molar-refractivity contribution in [2.45, 2.75) is 6.92 Å². The van der Waals surface area contributed by atoms with Gasteiger partial charge in [-0.25, -0.2) is 4.52 Å². The van der Waals surface area contributed by atoms with Crippen LogP contribution in [0.3, 0.4) is 0 Å². The molecule has 7 heteroatoms. The molecule has 118 valence electrons. The molecule has 3 aromatic heterocycles. The second kappa shape index (κ2) is 5.31. The topological polar surface area (TPSA) is 78.3 Å². The van der Waals surface area contributed by atoms with Crippen LogP contribution in [0.15, 0.2) is 61.2 Å². The van der Waals surface area contributed by atoms with Gasteiger partial charge in [-0.15, -0.1) is 0 Å². The zero-order valence-electron chi connectivity index (χ0n) is 12.8. The van der Waals surface area contributed by atoms with E-state index in [0.717, 1.165) is 22.6 Å². The highest BCUT2D eigenvalue weighted by Gasteiger charge is 2.14. The monoisotopic (exact) mass is 319 g/mol. The lowest BCUT2D eigenvalue weighted by molar-refractivity contribution is -0.385. The minimum atomic E-state index is -0.364. The van der Waals surface area contributed by atoms with Crippen LogP contribution in [0, 0.1) is 17.0 Å². The van der Waals surface area contributed by atoms with Crippen LogP contribution in [-0.2, 0) is 0 Å². The molecular weight excluding hydrogens is 306 g/mol. The maximum atomic E-state index is 11.2. The van der Waals surface area contributed by atoms with Gasteiger partial charge in [-0.2, -0.15) is 5.10 Å². The van der Waals surface area contributed by atoms with E-state index in [2.05, 4.69) is 10.1 Å². The smallest absolute Gasteiger partial charge is 0.274 e. The normalized spacial score (nSPS) is 11.0. The molecule has 3 heterocycles. The van der Waals surface area contributed by atoms with Crippen molar-refractivity contribution in [3.63, 3.8) is 0 Å². The van der Waals surface area contributed by atoms with Gasteiger partial charge in [0.1, 0.15) is 5.65 Å². The number of rotatable bonds is 3. The van der Waals surface area contributed by atoms with Crippen LogP contribution >= 0.6 is 0 Å². The minimum absolute atomic E-state index is 0.103. The van der Waals surface area contributed by atoms with E-state index in [1.807, 2.05) is 41.2 Å². The summed E-state index contributed by atoms with van der Waals surface area (Å²) in [7, 11) is 0. The summed E-state index contributed by atoms with van der Waals surface area (Å²) in [5, 5.41) is 15.7. The zero-order chi connectivity index (χ0) is 16.7. The number of aromatic nitrogens is 4. The van der Waals surface area contributed by atoms with Gasteiger partial charge in [-0.1, -0.05) is 6.07 Å². The van der Waals surface area contributed by atoms with Crippen molar-refractivity contribution in [2.75, 3.05) is 0 Å². The van der Waals surface area contributed by atoms with E-state index >= 15 is 0 Å². The summed E-state index contributed by atoms with van der Waals surface area (Å²) < 4.78 is 3.62. The Morgan fingerprint density at radius 3 is 2.79 bits per heavy atom. The predicted octanol–water partition coefficient (Wildman–Crippen LogP) is 3.40. The van der Waals surface area contributed by atoms with Crippen molar-refractivity contribution in [1.29, 1.82) is 0 Å². The molecule has 1 aromatic carbocycles. The number of hydrogen-bond donors (Lipinski definition) is 0. The number of imidazole rings is 1. The van der Waals surface area contributed by atoms with Crippen LogP contribution < -0.4 is 0 Å². The summed E-state index contributed by atoms with van der Waals surface area (Å²) in [5.74, 6) is 0. The summed E-state index contributed by atoms with van der Waals surface area (Å²) in [5.41, 5.74) is 4.01. The van der Waals surface area contributed by atoms with E-state index in [1.54, 1.807) is 36.0 Å². The molecule has 0 radical (unpaired) electrons. The van der Waals surface area contributed by atoms with Crippen molar-refractivity contribution in [3.8, 4) is 16.9 Å². The highest BCUT2D eigenvalue weighted by Crippen LogP contribution is 2.25. The van der Waals surface area contributed by atoms with Gasteiger partial charge in [0.05, 0.1) is 16.3 Å². The van der Waals surface area contributed by atoms with E-state index in [9.17, 15) is 10.1 Å². The first-order valence-electron chi connectivity index (χ1n) is 7.36. The highest BCUT2D eigenvalue weighted by atomic mass is 16.6. The second-order valence-corrected chi connectivity index (χ2v) is 5.47. The third-order valence-corrected chi connectivity index (χ3v) is 3.94. The summed E-state index contributed by atoms with van der Waals surface area (Å²) in [6.07, 6.45) is 7.12. The Morgan fingerprint density at radius 1 is 1.17 bits per heavy atom. The Bertz CT molecular complexity index is 1050. The van der Waals surface area contributed by atoms with Gasteiger partial charge >= 0.3 is 0 Å². The standard InChI is InChI=1S/C17H13N5O2/c1-12-4-5-14(9-16(12)22(23)24)20-7-8-21-17(20)10-15(19-21)13-3-2-6-18-11-13/h2-11H,1H3. The van der Waals surface area contributed by atoms with Crippen molar-refractivity contribution < 1.29 is 4.92 Å². The van der Waals surface area contributed by atoms with Crippen LogP contribution in [0.5, 0.6) is 0 Å². The van der Waals surface area contributed by atoms with Gasteiger partial charge in [0.25, 0.3) is 5.69 Å². The molecule has 0 atom stereocenters. The molecular formula is C17H13N5O2. The Hall–Kier alpha value is -3.48. The van der Waals surface area contributed by atoms with Gasteiger partial charge in [0, 0.05) is 48.0 Å². The lowest BCUT2D eigenvalue weighted by Gasteiger charge is -2.04. The largest absolute Gasteiger partial charge is 0.300 e.